The number of rotatable bonds is 3. The summed E-state index contributed by atoms with van der Waals surface area (Å²) in [7, 11) is 0. The molecule has 0 saturated heterocycles. The molecular formula is C15H15FN4O. The largest absolute Gasteiger partial charge is 0.397 e. The standard InChI is InChI=1S/C15H15FN4O/c16-11-6-10(11)15(21)18-13-5-9-3-8(7-1-2-7)4-12(17)14(9)20-19-13/h3-5,7,10-11H,1-2,6,17H2,(H,18,19,21)/t10-,11+/m1/s1. The lowest BCUT2D eigenvalue weighted by Crippen LogP contribution is -2.16. The fourth-order valence-electron chi connectivity index (χ4n) is 2.58. The number of nitrogens with two attached hydrogens (primary N) is 1. The van der Waals surface area contributed by atoms with Gasteiger partial charge >= 0.3 is 0 Å². The van der Waals surface area contributed by atoms with Gasteiger partial charge < -0.3 is 11.1 Å². The van der Waals surface area contributed by atoms with E-state index in [1.807, 2.05) is 12.1 Å². The number of benzene rings is 1. The highest BCUT2D eigenvalue weighted by Gasteiger charge is 2.43. The zero-order valence-corrected chi connectivity index (χ0v) is 11.3. The Bertz CT molecular complexity index is 744. The number of anilines is 2. The molecule has 6 heteroatoms. The van der Waals surface area contributed by atoms with Gasteiger partial charge in [-0.3, -0.25) is 4.79 Å². The lowest BCUT2D eigenvalue weighted by Gasteiger charge is -2.07. The lowest BCUT2D eigenvalue weighted by molar-refractivity contribution is -0.117. The molecule has 1 heterocycles. The first-order valence-electron chi connectivity index (χ1n) is 7.13. The van der Waals surface area contributed by atoms with Crippen LogP contribution in [0.5, 0.6) is 0 Å². The molecule has 0 unspecified atom stereocenters. The van der Waals surface area contributed by atoms with Crippen LogP contribution in [0.25, 0.3) is 10.9 Å². The van der Waals surface area contributed by atoms with E-state index in [2.05, 4.69) is 15.5 Å². The van der Waals surface area contributed by atoms with Crippen molar-refractivity contribution in [3.05, 3.63) is 23.8 Å². The molecule has 0 radical (unpaired) electrons. The summed E-state index contributed by atoms with van der Waals surface area (Å²) in [5.74, 6) is 0.0634. The van der Waals surface area contributed by atoms with E-state index < -0.39 is 12.1 Å². The second-order valence-corrected chi connectivity index (χ2v) is 5.90. The summed E-state index contributed by atoms with van der Waals surface area (Å²) in [4.78, 5) is 11.7. The molecule has 1 amide bonds. The molecule has 3 N–H and O–H groups in total. The number of hydrogen-bond donors (Lipinski definition) is 2. The summed E-state index contributed by atoms with van der Waals surface area (Å²) >= 11 is 0. The van der Waals surface area contributed by atoms with Crippen molar-refractivity contribution in [2.24, 2.45) is 5.92 Å². The van der Waals surface area contributed by atoms with Crippen LogP contribution in [0.1, 0.15) is 30.7 Å². The highest BCUT2D eigenvalue weighted by atomic mass is 19.1. The average molecular weight is 286 g/mol. The zero-order chi connectivity index (χ0) is 14.6. The monoisotopic (exact) mass is 286 g/mol. The van der Waals surface area contributed by atoms with E-state index in [4.69, 9.17) is 5.73 Å². The number of carbonyl (C=O) groups excluding carboxylic acids is 1. The fraction of sp³-hybridized carbons (Fsp3) is 0.400. The second-order valence-electron chi connectivity index (χ2n) is 5.90. The minimum absolute atomic E-state index is 0.297. The Balaban J connectivity index is 1.66. The van der Waals surface area contributed by atoms with Gasteiger partial charge in [-0.1, -0.05) is 0 Å². The topological polar surface area (TPSA) is 80.9 Å². The number of hydrogen-bond acceptors (Lipinski definition) is 4. The van der Waals surface area contributed by atoms with Crippen LogP contribution in [-0.4, -0.2) is 22.3 Å². The average Bonchev–Trinajstić information content (AvgIpc) is 3.33. The molecule has 1 aromatic carbocycles. The number of nitrogens with one attached hydrogen (secondary N) is 1. The SMILES string of the molecule is Nc1cc(C2CC2)cc2cc(NC(=O)[C@@H]3C[C@@H]3F)nnc12. The van der Waals surface area contributed by atoms with Gasteiger partial charge in [0.25, 0.3) is 0 Å². The Labute approximate surface area is 120 Å². The lowest BCUT2D eigenvalue weighted by atomic mass is 10.1. The van der Waals surface area contributed by atoms with E-state index in [0.717, 1.165) is 5.39 Å². The minimum Gasteiger partial charge on any atom is -0.397 e. The van der Waals surface area contributed by atoms with Gasteiger partial charge in [-0.2, -0.15) is 0 Å². The van der Waals surface area contributed by atoms with E-state index >= 15 is 0 Å². The van der Waals surface area contributed by atoms with Gasteiger partial charge in [0.1, 0.15) is 11.7 Å². The number of alkyl halides is 1. The molecule has 0 aliphatic heterocycles. The van der Waals surface area contributed by atoms with Crippen molar-refractivity contribution in [1.29, 1.82) is 0 Å². The van der Waals surface area contributed by atoms with Crippen molar-refractivity contribution in [3.63, 3.8) is 0 Å². The molecule has 0 spiro atoms. The van der Waals surface area contributed by atoms with Gasteiger partial charge in [0.05, 0.1) is 11.6 Å². The van der Waals surface area contributed by atoms with Crippen LogP contribution < -0.4 is 11.1 Å². The quantitative estimate of drug-likeness (QED) is 0.849. The molecule has 1 aromatic heterocycles. The highest BCUT2D eigenvalue weighted by Crippen LogP contribution is 2.42. The van der Waals surface area contributed by atoms with Crippen LogP contribution in [0.3, 0.4) is 0 Å². The van der Waals surface area contributed by atoms with Crippen LogP contribution in [-0.2, 0) is 4.79 Å². The maximum Gasteiger partial charge on any atom is 0.231 e. The first-order chi connectivity index (χ1) is 10.1. The maximum absolute atomic E-state index is 12.9. The molecule has 4 rings (SSSR count). The Hall–Kier alpha value is -2.24. The number of amides is 1. The van der Waals surface area contributed by atoms with Gasteiger partial charge in [-0.05, 0) is 48.9 Å². The number of nitrogen functional groups attached to an aromatic ring is 1. The van der Waals surface area contributed by atoms with Gasteiger partial charge in [-0.25, -0.2) is 4.39 Å². The third-order valence-corrected chi connectivity index (χ3v) is 4.09. The summed E-state index contributed by atoms with van der Waals surface area (Å²) in [5, 5.41) is 11.5. The zero-order valence-electron chi connectivity index (χ0n) is 11.3. The number of aromatic nitrogens is 2. The Morgan fingerprint density at radius 3 is 2.71 bits per heavy atom. The van der Waals surface area contributed by atoms with E-state index in [0.29, 0.717) is 29.4 Å². The van der Waals surface area contributed by atoms with Gasteiger partial charge in [-0.15, -0.1) is 10.2 Å². The van der Waals surface area contributed by atoms with E-state index in [-0.39, 0.29) is 5.91 Å². The first-order valence-corrected chi connectivity index (χ1v) is 7.13. The molecule has 2 atom stereocenters. The molecule has 5 nitrogen and oxygen atoms in total. The first kappa shape index (κ1) is 12.5. The Morgan fingerprint density at radius 2 is 2.05 bits per heavy atom. The maximum atomic E-state index is 12.9. The molecule has 2 fully saturated rings. The molecular weight excluding hydrogens is 271 g/mol. The van der Waals surface area contributed by atoms with Gasteiger partial charge in [0.2, 0.25) is 5.91 Å². The smallest absolute Gasteiger partial charge is 0.231 e. The van der Waals surface area contributed by atoms with Crippen molar-refractivity contribution < 1.29 is 9.18 Å². The van der Waals surface area contributed by atoms with Crippen molar-refractivity contribution >= 4 is 28.3 Å². The van der Waals surface area contributed by atoms with Gasteiger partial charge in [0.15, 0.2) is 5.82 Å². The predicted molar refractivity (Wildman–Crippen MR) is 77.6 cm³/mol. The van der Waals surface area contributed by atoms with Crippen molar-refractivity contribution in [1.82, 2.24) is 10.2 Å². The predicted octanol–water partition coefficient (Wildman–Crippen LogP) is 2.39. The second kappa shape index (κ2) is 4.38. The highest BCUT2D eigenvalue weighted by molar-refractivity contribution is 5.97. The minimum atomic E-state index is -1.02. The van der Waals surface area contributed by atoms with Crippen molar-refractivity contribution in [3.8, 4) is 0 Å². The summed E-state index contributed by atoms with van der Waals surface area (Å²) in [6.07, 6.45) is 1.65. The summed E-state index contributed by atoms with van der Waals surface area (Å²) in [6, 6.07) is 5.74. The number of halogens is 1. The third kappa shape index (κ3) is 2.30. The van der Waals surface area contributed by atoms with Crippen LogP contribution in [0.15, 0.2) is 18.2 Å². The van der Waals surface area contributed by atoms with Crippen molar-refractivity contribution in [2.45, 2.75) is 31.4 Å². The van der Waals surface area contributed by atoms with E-state index in [9.17, 15) is 9.18 Å². The van der Waals surface area contributed by atoms with Crippen LogP contribution >= 0.6 is 0 Å². The van der Waals surface area contributed by atoms with E-state index in [1.165, 1.54) is 18.4 Å². The molecule has 2 saturated carbocycles. The number of carbonyl (C=O) groups is 1. The number of fused-ring (bicyclic) bond motifs is 1. The summed E-state index contributed by atoms with van der Waals surface area (Å²) in [5.41, 5.74) is 8.45. The van der Waals surface area contributed by atoms with E-state index in [1.54, 1.807) is 6.07 Å². The normalized spacial score (nSPS) is 24.0. The fourth-order valence-corrected chi connectivity index (χ4v) is 2.58. The Morgan fingerprint density at radius 1 is 1.29 bits per heavy atom. The molecule has 2 aliphatic carbocycles. The molecule has 2 aromatic rings. The molecule has 0 bridgehead atoms. The van der Waals surface area contributed by atoms with Gasteiger partial charge in [0, 0.05) is 5.39 Å². The molecule has 108 valence electrons. The Kier molecular flexibility index (Phi) is 2.60. The van der Waals surface area contributed by atoms with Crippen LogP contribution in [0.4, 0.5) is 15.9 Å². The molecule has 21 heavy (non-hydrogen) atoms. The summed E-state index contributed by atoms with van der Waals surface area (Å²) in [6.45, 7) is 0. The summed E-state index contributed by atoms with van der Waals surface area (Å²) < 4.78 is 12.9. The van der Waals surface area contributed by atoms with Crippen LogP contribution in [0.2, 0.25) is 0 Å². The number of nitrogens with zero attached hydrogens (tertiary/aromatic N) is 2. The third-order valence-electron chi connectivity index (χ3n) is 4.09. The van der Waals surface area contributed by atoms with Crippen LogP contribution in [0, 0.1) is 5.92 Å². The molecule has 2 aliphatic rings. The van der Waals surface area contributed by atoms with Crippen molar-refractivity contribution in [2.75, 3.05) is 11.1 Å².